The van der Waals surface area contributed by atoms with E-state index in [0.29, 0.717) is 35.8 Å². The molecule has 1 saturated heterocycles. The average Bonchev–Trinajstić information content (AvgIpc) is 3.14. The first-order valence-electron chi connectivity index (χ1n) is 9.38. The highest BCUT2D eigenvalue weighted by Gasteiger charge is 2.42. The Morgan fingerprint density at radius 3 is 2.76 bits per heavy atom. The lowest BCUT2D eigenvalue weighted by Gasteiger charge is -2.38. The van der Waals surface area contributed by atoms with Gasteiger partial charge >= 0.3 is 0 Å². The molecule has 0 spiro atoms. The van der Waals surface area contributed by atoms with Crippen molar-refractivity contribution in [2.45, 2.75) is 26.3 Å². The number of carbonyl (C=O) groups is 3. The minimum absolute atomic E-state index is 0.167. The molecule has 2 aromatic rings. The van der Waals surface area contributed by atoms with E-state index in [-0.39, 0.29) is 36.1 Å². The number of rotatable bonds is 4. The van der Waals surface area contributed by atoms with Gasteiger partial charge in [-0.25, -0.2) is 5.01 Å². The fourth-order valence-corrected chi connectivity index (χ4v) is 3.67. The molecule has 2 atom stereocenters. The van der Waals surface area contributed by atoms with Crippen LogP contribution in [0, 0.1) is 18.8 Å². The van der Waals surface area contributed by atoms with Crippen molar-refractivity contribution in [3.05, 3.63) is 53.7 Å². The molecule has 0 unspecified atom stereocenters. The molecule has 4 rings (SSSR count). The molecule has 3 amide bonds. The summed E-state index contributed by atoms with van der Waals surface area (Å²) in [7, 11) is 1.63. The van der Waals surface area contributed by atoms with Crippen LogP contribution in [0.2, 0.25) is 0 Å². The van der Waals surface area contributed by atoms with Crippen molar-refractivity contribution < 1.29 is 18.9 Å². The van der Waals surface area contributed by atoms with Crippen LogP contribution in [0.4, 0.5) is 5.69 Å². The lowest BCUT2D eigenvalue weighted by atomic mass is 9.80. The van der Waals surface area contributed by atoms with E-state index in [2.05, 4.69) is 15.6 Å². The zero-order valence-corrected chi connectivity index (χ0v) is 16.2. The molecule has 1 fully saturated rings. The quantitative estimate of drug-likeness (QED) is 0.788. The Labute approximate surface area is 167 Å². The largest absolute Gasteiger partial charge is 0.340 e. The summed E-state index contributed by atoms with van der Waals surface area (Å²) in [6, 6.07) is 6.63. The summed E-state index contributed by atoms with van der Waals surface area (Å²) in [4.78, 5) is 43.7. The Morgan fingerprint density at radius 2 is 2.03 bits per heavy atom. The number of nitrogens with zero attached hydrogens (tertiary/aromatic N) is 4. The smallest absolute Gasteiger partial charge is 0.254 e. The summed E-state index contributed by atoms with van der Waals surface area (Å²) in [6.45, 7) is 1.87. The zero-order chi connectivity index (χ0) is 20.5. The van der Waals surface area contributed by atoms with Gasteiger partial charge in [0.2, 0.25) is 17.7 Å². The predicted molar refractivity (Wildman–Crippen MR) is 102 cm³/mol. The van der Waals surface area contributed by atoms with E-state index < -0.39 is 0 Å². The van der Waals surface area contributed by atoms with Crippen molar-refractivity contribution in [2.75, 3.05) is 12.1 Å². The first kappa shape index (κ1) is 18.9. The van der Waals surface area contributed by atoms with Crippen LogP contribution in [0.3, 0.4) is 0 Å². The van der Waals surface area contributed by atoms with E-state index >= 15 is 0 Å². The van der Waals surface area contributed by atoms with Gasteiger partial charge in [-0.15, -0.1) is 0 Å². The molecule has 9 heteroatoms. The number of hydrazine groups is 1. The van der Waals surface area contributed by atoms with Crippen molar-refractivity contribution in [3.8, 4) is 0 Å². The molecular formula is C20H21N5O4. The Bertz CT molecular complexity index is 998. The molecule has 150 valence electrons. The van der Waals surface area contributed by atoms with Gasteiger partial charge in [-0.2, -0.15) is 4.98 Å². The first-order valence-corrected chi connectivity index (χ1v) is 9.38. The van der Waals surface area contributed by atoms with Crippen molar-refractivity contribution in [1.29, 1.82) is 0 Å². The van der Waals surface area contributed by atoms with Gasteiger partial charge in [0.15, 0.2) is 5.82 Å². The minimum atomic E-state index is -0.378. The second kappa shape index (κ2) is 7.50. The lowest BCUT2D eigenvalue weighted by Crippen LogP contribution is -2.59. The molecule has 1 aliphatic heterocycles. The van der Waals surface area contributed by atoms with E-state index in [1.54, 1.807) is 38.2 Å². The van der Waals surface area contributed by atoms with Gasteiger partial charge in [-0.05, 0) is 31.0 Å². The average molecular weight is 395 g/mol. The first-order chi connectivity index (χ1) is 13.9. The number of aryl methyl sites for hydroxylation is 1. The van der Waals surface area contributed by atoms with Gasteiger partial charge < -0.3 is 9.42 Å². The standard InChI is InChI=1S/C20H21N5O4/c1-12-21-17(23-29-12)11-24(2)19(27)13-6-5-7-14(10-13)25-20(28)16-9-4-3-8-15(16)18(26)22-25/h3-7,10,15-16H,8-9,11H2,1-2H3,(H,22,26)/t15-,16-/m0/s1. The summed E-state index contributed by atoms with van der Waals surface area (Å²) in [6.07, 6.45) is 4.97. The van der Waals surface area contributed by atoms with Crippen LogP contribution in [-0.4, -0.2) is 39.8 Å². The third-order valence-electron chi connectivity index (χ3n) is 5.17. The maximum Gasteiger partial charge on any atom is 0.254 e. The molecule has 0 saturated carbocycles. The third kappa shape index (κ3) is 3.63. The van der Waals surface area contributed by atoms with Crippen molar-refractivity contribution in [2.24, 2.45) is 11.8 Å². The molecule has 29 heavy (non-hydrogen) atoms. The number of carbonyl (C=O) groups excluding carboxylic acids is 3. The predicted octanol–water partition coefficient (Wildman–Crippen LogP) is 1.61. The molecule has 1 aliphatic carbocycles. The van der Waals surface area contributed by atoms with Crippen LogP contribution < -0.4 is 10.4 Å². The Balaban J connectivity index is 1.53. The monoisotopic (exact) mass is 395 g/mol. The summed E-state index contributed by atoms with van der Waals surface area (Å²) >= 11 is 0. The van der Waals surface area contributed by atoms with Gasteiger partial charge in [0.1, 0.15) is 0 Å². The van der Waals surface area contributed by atoms with Crippen molar-refractivity contribution in [3.63, 3.8) is 0 Å². The number of hydrogen-bond acceptors (Lipinski definition) is 6. The SMILES string of the molecule is Cc1nc(CN(C)C(=O)c2cccc(N3NC(=O)[C@H]4CC=CC[C@@H]4C3=O)c2)no1. The van der Waals surface area contributed by atoms with Crippen molar-refractivity contribution >= 4 is 23.4 Å². The summed E-state index contributed by atoms with van der Waals surface area (Å²) in [5.41, 5.74) is 3.51. The van der Waals surface area contributed by atoms with Crippen LogP contribution in [0.25, 0.3) is 0 Å². The van der Waals surface area contributed by atoms with Gasteiger partial charge in [-0.1, -0.05) is 23.4 Å². The second-order valence-electron chi connectivity index (χ2n) is 7.25. The zero-order valence-electron chi connectivity index (χ0n) is 16.2. The number of amides is 3. The fourth-order valence-electron chi connectivity index (χ4n) is 3.67. The Morgan fingerprint density at radius 1 is 1.28 bits per heavy atom. The molecule has 2 heterocycles. The van der Waals surface area contributed by atoms with Gasteiger partial charge in [-0.3, -0.25) is 19.8 Å². The third-order valence-corrected chi connectivity index (χ3v) is 5.17. The van der Waals surface area contributed by atoms with E-state index in [1.165, 1.54) is 9.91 Å². The molecule has 1 aromatic heterocycles. The van der Waals surface area contributed by atoms with Crippen LogP contribution >= 0.6 is 0 Å². The van der Waals surface area contributed by atoms with Crippen LogP contribution in [0.15, 0.2) is 40.9 Å². The number of fused-ring (bicyclic) bond motifs is 1. The summed E-state index contributed by atoms with van der Waals surface area (Å²) < 4.78 is 4.93. The minimum Gasteiger partial charge on any atom is -0.340 e. The Kier molecular flexibility index (Phi) is 4.87. The van der Waals surface area contributed by atoms with Crippen LogP contribution in [0.5, 0.6) is 0 Å². The number of benzene rings is 1. The van der Waals surface area contributed by atoms with Crippen LogP contribution in [-0.2, 0) is 16.1 Å². The number of aromatic nitrogens is 2. The number of nitrogens with one attached hydrogen (secondary N) is 1. The van der Waals surface area contributed by atoms with Gasteiger partial charge in [0, 0.05) is 19.5 Å². The summed E-state index contributed by atoms with van der Waals surface area (Å²) in [5, 5.41) is 5.05. The van der Waals surface area contributed by atoms with Crippen molar-refractivity contribution in [1.82, 2.24) is 20.5 Å². The molecule has 0 radical (unpaired) electrons. The highest BCUT2D eigenvalue weighted by atomic mass is 16.5. The maximum absolute atomic E-state index is 12.9. The molecule has 2 aliphatic rings. The van der Waals surface area contributed by atoms with E-state index in [4.69, 9.17) is 4.52 Å². The summed E-state index contributed by atoms with van der Waals surface area (Å²) in [5.74, 6) is -0.485. The fraction of sp³-hybridized carbons (Fsp3) is 0.350. The van der Waals surface area contributed by atoms with E-state index in [1.807, 2.05) is 12.2 Å². The number of anilines is 1. The van der Waals surface area contributed by atoms with Gasteiger partial charge in [0.25, 0.3) is 5.91 Å². The second-order valence-corrected chi connectivity index (χ2v) is 7.25. The van der Waals surface area contributed by atoms with E-state index in [9.17, 15) is 14.4 Å². The number of allylic oxidation sites excluding steroid dienone is 2. The van der Waals surface area contributed by atoms with Crippen LogP contribution in [0.1, 0.15) is 34.9 Å². The Hall–Kier alpha value is -3.49. The molecule has 9 nitrogen and oxygen atoms in total. The molecule has 0 bridgehead atoms. The highest BCUT2D eigenvalue weighted by Crippen LogP contribution is 2.32. The molecular weight excluding hydrogens is 374 g/mol. The van der Waals surface area contributed by atoms with Gasteiger partial charge in [0.05, 0.1) is 24.1 Å². The van der Waals surface area contributed by atoms with E-state index in [0.717, 1.165) is 0 Å². The normalized spacial score (nSPS) is 21.0. The lowest BCUT2D eigenvalue weighted by molar-refractivity contribution is -0.139. The topological polar surface area (TPSA) is 109 Å². The highest BCUT2D eigenvalue weighted by molar-refractivity contribution is 6.05. The molecule has 1 N–H and O–H groups in total. The number of hydrogen-bond donors (Lipinski definition) is 1. The molecule has 1 aromatic carbocycles. The maximum atomic E-state index is 12.9.